The highest BCUT2D eigenvalue weighted by Gasteiger charge is 2.21. The highest BCUT2D eigenvalue weighted by molar-refractivity contribution is 5.87. The topological polar surface area (TPSA) is 81.4 Å². The maximum absolute atomic E-state index is 12.0. The number of carbonyl (C=O) groups excluding carboxylic acids is 2. The van der Waals surface area contributed by atoms with Crippen molar-refractivity contribution in [1.82, 2.24) is 5.32 Å². The minimum absolute atomic E-state index is 0.261. The number of hydrogen-bond donors (Lipinski definition) is 2. The third-order valence-electron chi connectivity index (χ3n) is 2.91. The Labute approximate surface area is 125 Å². The van der Waals surface area contributed by atoms with E-state index >= 15 is 0 Å². The predicted octanol–water partition coefficient (Wildman–Crippen LogP) is 1.26. The lowest BCUT2D eigenvalue weighted by molar-refractivity contribution is -0.148. The van der Waals surface area contributed by atoms with Crippen LogP contribution >= 0.6 is 0 Å². The zero-order valence-electron chi connectivity index (χ0n) is 12.8. The molecular formula is C16H24N2O3. The second kappa shape index (κ2) is 8.42. The smallest absolute Gasteiger partial charge is 0.328 e. The Hall–Kier alpha value is -1.88. The Kier molecular flexibility index (Phi) is 6.88. The van der Waals surface area contributed by atoms with Gasteiger partial charge in [0.15, 0.2) is 0 Å². The first-order valence-electron chi connectivity index (χ1n) is 7.16. The van der Waals surface area contributed by atoms with Gasteiger partial charge in [-0.1, -0.05) is 44.2 Å². The van der Waals surface area contributed by atoms with E-state index in [2.05, 4.69) is 5.32 Å². The summed E-state index contributed by atoms with van der Waals surface area (Å²) in [5.41, 5.74) is 6.84. The van der Waals surface area contributed by atoms with E-state index in [4.69, 9.17) is 10.5 Å². The third-order valence-corrected chi connectivity index (χ3v) is 2.91. The van der Waals surface area contributed by atoms with Gasteiger partial charge in [-0.3, -0.25) is 4.79 Å². The molecule has 0 fully saturated rings. The Morgan fingerprint density at radius 1 is 1.19 bits per heavy atom. The van der Waals surface area contributed by atoms with Crippen LogP contribution in [0, 0.1) is 5.92 Å². The first-order valence-corrected chi connectivity index (χ1v) is 7.16. The van der Waals surface area contributed by atoms with E-state index in [1.807, 2.05) is 44.2 Å². The first kappa shape index (κ1) is 17.2. The van der Waals surface area contributed by atoms with Gasteiger partial charge in [-0.05, 0) is 24.8 Å². The number of hydrogen-bond acceptors (Lipinski definition) is 4. The number of nitrogens with one attached hydrogen (secondary N) is 1. The molecule has 3 N–H and O–H groups in total. The Morgan fingerprint density at radius 2 is 1.81 bits per heavy atom. The molecule has 0 aliphatic heterocycles. The molecule has 1 rings (SSSR count). The third kappa shape index (κ3) is 6.40. The van der Waals surface area contributed by atoms with Crippen molar-refractivity contribution in [3.8, 4) is 0 Å². The molecule has 0 saturated heterocycles. The van der Waals surface area contributed by atoms with Gasteiger partial charge >= 0.3 is 5.97 Å². The molecule has 2 atom stereocenters. The van der Waals surface area contributed by atoms with Crippen LogP contribution in [0.1, 0.15) is 26.3 Å². The van der Waals surface area contributed by atoms with Gasteiger partial charge in [-0.15, -0.1) is 0 Å². The lowest BCUT2D eigenvalue weighted by Gasteiger charge is -2.17. The van der Waals surface area contributed by atoms with Crippen LogP contribution in [-0.4, -0.2) is 30.6 Å². The van der Waals surface area contributed by atoms with Gasteiger partial charge < -0.3 is 15.8 Å². The number of ether oxygens (including phenoxy) is 1. The predicted molar refractivity (Wildman–Crippen MR) is 81.5 cm³/mol. The minimum atomic E-state index is -0.696. The van der Waals surface area contributed by atoms with Crippen molar-refractivity contribution < 1.29 is 14.3 Å². The fourth-order valence-electron chi connectivity index (χ4n) is 1.71. The Balaban J connectivity index is 2.42. The van der Waals surface area contributed by atoms with Crippen molar-refractivity contribution in [3.05, 3.63) is 35.9 Å². The van der Waals surface area contributed by atoms with Crippen molar-refractivity contribution in [2.24, 2.45) is 11.7 Å². The SMILES string of the molecule is CC(C)COC(=O)[C@H](C)NC(=O)[C@H](N)Cc1ccccc1. The van der Waals surface area contributed by atoms with Crippen LogP contribution in [-0.2, 0) is 20.7 Å². The average Bonchev–Trinajstić information content (AvgIpc) is 2.45. The van der Waals surface area contributed by atoms with Gasteiger partial charge in [0.2, 0.25) is 5.91 Å². The summed E-state index contributed by atoms with van der Waals surface area (Å²) in [6.07, 6.45) is 0.431. The molecule has 5 nitrogen and oxygen atoms in total. The molecule has 0 saturated carbocycles. The number of carbonyl (C=O) groups is 2. The molecule has 0 heterocycles. The lowest BCUT2D eigenvalue weighted by atomic mass is 10.1. The fraction of sp³-hybridized carbons (Fsp3) is 0.500. The number of benzene rings is 1. The summed E-state index contributed by atoms with van der Waals surface area (Å²) in [6.45, 7) is 5.84. The summed E-state index contributed by atoms with van der Waals surface area (Å²) in [6, 6.07) is 8.13. The summed E-state index contributed by atoms with van der Waals surface area (Å²) in [5.74, 6) is -0.533. The number of esters is 1. The molecule has 5 heteroatoms. The van der Waals surface area contributed by atoms with Crippen LogP contribution in [0.25, 0.3) is 0 Å². The quantitative estimate of drug-likeness (QED) is 0.741. The molecule has 0 aliphatic carbocycles. The molecule has 0 radical (unpaired) electrons. The van der Waals surface area contributed by atoms with Crippen molar-refractivity contribution in [3.63, 3.8) is 0 Å². The molecule has 0 spiro atoms. The zero-order chi connectivity index (χ0) is 15.8. The maximum atomic E-state index is 12.0. The van der Waals surface area contributed by atoms with Crippen molar-refractivity contribution in [2.75, 3.05) is 6.61 Å². The number of amides is 1. The standard InChI is InChI=1S/C16H24N2O3/c1-11(2)10-21-16(20)12(3)18-15(19)14(17)9-13-7-5-4-6-8-13/h4-8,11-12,14H,9-10,17H2,1-3H3,(H,18,19)/t12-,14+/m0/s1. The molecule has 0 aliphatic rings. The van der Waals surface area contributed by atoms with Crippen molar-refractivity contribution >= 4 is 11.9 Å². The Morgan fingerprint density at radius 3 is 2.38 bits per heavy atom. The van der Waals surface area contributed by atoms with Crippen LogP contribution in [0.15, 0.2) is 30.3 Å². The molecule has 1 aromatic rings. The minimum Gasteiger partial charge on any atom is -0.464 e. The van der Waals surface area contributed by atoms with E-state index in [0.717, 1.165) is 5.56 Å². The lowest BCUT2D eigenvalue weighted by Crippen LogP contribution is -2.48. The highest BCUT2D eigenvalue weighted by Crippen LogP contribution is 2.02. The van der Waals surface area contributed by atoms with E-state index in [-0.39, 0.29) is 11.8 Å². The maximum Gasteiger partial charge on any atom is 0.328 e. The van der Waals surface area contributed by atoms with Crippen LogP contribution in [0.5, 0.6) is 0 Å². The van der Waals surface area contributed by atoms with Crippen LogP contribution in [0.2, 0.25) is 0 Å². The summed E-state index contributed by atoms with van der Waals surface area (Å²) < 4.78 is 5.07. The molecule has 116 valence electrons. The van der Waals surface area contributed by atoms with Gasteiger partial charge in [-0.2, -0.15) is 0 Å². The van der Waals surface area contributed by atoms with Gasteiger partial charge in [-0.25, -0.2) is 4.79 Å². The van der Waals surface area contributed by atoms with E-state index in [0.29, 0.717) is 13.0 Å². The number of nitrogens with two attached hydrogens (primary N) is 1. The van der Waals surface area contributed by atoms with Crippen LogP contribution in [0.3, 0.4) is 0 Å². The van der Waals surface area contributed by atoms with Gasteiger partial charge in [0.25, 0.3) is 0 Å². The number of rotatable bonds is 7. The van der Waals surface area contributed by atoms with E-state index in [1.54, 1.807) is 6.92 Å². The van der Waals surface area contributed by atoms with Crippen molar-refractivity contribution in [2.45, 2.75) is 39.3 Å². The zero-order valence-corrected chi connectivity index (χ0v) is 12.8. The van der Waals surface area contributed by atoms with Gasteiger partial charge in [0.1, 0.15) is 6.04 Å². The molecule has 1 aromatic carbocycles. The van der Waals surface area contributed by atoms with Crippen LogP contribution in [0.4, 0.5) is 0 Å². The molecule has 21 heavy (non-hydrogen) atoms. The van der Waals surface area contributed by atoms with Crippen molar-refractivity contribution in [1.29, 1.82) is 0 Å². The summed E-state index contributed by atoms with van der Waals surface area (Å²) in [5, 5.41) is 2.58. The molecule has 1 amide bonds. The summed E-state index contributed by atoms with van der Waals surface area (Å²) >= 11 is 0. The van der Waals surface area contributed by atoms with Crippen LogP contribution < -0.4 is 11.1 Å². The average molecular weight is 292 g/mol. The Bertz CT molecular complexity index is 460. The monoisotopic (exact) mass is 292 g/mol. The second-order valence-electron chi connectivity index (χ2n) is 5.55. The molecule has 0 unspecified atom stereocenters. The van der Waals surface area contributed by atoms with E-state index in [1.165, 1.54) is 0 Å². The van der Waals surface area contributed by atoms with E-state index in [9.17, 15) is 9.59 Å². The second-order valence-corrected chi connectivity index (χ2v) is 5.55. The normalized spacial score (nSPS) is 13.6. The summed E-state index contributed by atoms with van der Waals surface area (Å²) in [7, 11) is 0. The largest absolute Gasteiger partial charge is 0.464 e. The van der Waals surface area contributed by atoms with Gasteiger partial charge in [0.05, 0.1) is 12.6 Å². The molecule has 0 aromatic heterocycles. The first-order chi connectivity index (χ1) is 9.90. The highest BCUT2D eigenvalue weighted by atomic mass is 16.5. The fourth-order valence-corrected chi connectivity index (χ4v) is 1.71. The van der Waals surface area contributed by atoms with E-state index < -0.39 is 18.1 Å². The summed E-state index contributed by atoms with van der Waals surface area (Å²) in [4.78, 5) is 23.6. The molecular weight excluding hydrogens is 268 g/mol. The molecule has 0 bridgehead atoms. The van der Waals surface area contributed by atoms with Gasteiger partial charge in [0, 0.05) is 0 Å².